The summed E-state index contributed by atoms with van der Waals surface area (Å²) in [5.41, 5.74) is 0.632. The minimum Gasteiger partial charge on any atom is -0.390 e. The molecule has 0 spiro atoms. The van der Waals surface area contributed by atoms with E-state index in [9.17, 15) is 15.0 Å². The van der Waals surface area contributed by atoms with Gasteiger partial charge in [-0.3, -0.25) is 9.13 Å². The van der Waals surface area contributed by atoms with E-state index in [1.807, 2.05) is 25.1 Å². The number of aliphatic hydroxyl groups is 2. The van der Waals surface area contributed by atoms with Gasteiger partial charge < -0.3 is 20.4 Å². The van der Waals surface area contributed by atoms with Gasteiger partial charge in [0.25, 0.3) is 0 Å². The Morgan fingerprint density at radius 2 is 2.00 bits per heavy atom. The molecule has 1 aromatic carbocycles. The van der Waals surface area contributed by atoms with Gasteiger partial charge in [-0.25, -0.2) is 9.78 Å². The van der Waals surface area contributed by atoms with Gasteiger partial charge in [-0.05, 0) is 64.7 Å². The van der Waals surface area contributed by atoms with Crippen molar-refractivity contribution in [1.29, 1.82) is 0 Å². The number of imidazole rings is 1. The van der Waals surface area contributed by atoms with Crippen LogP contribution in [-0.4, -0.2) is 53.6 Å². The van der Waals surface area contributed by atoms with Gasteiger partial charge in [-0.15, -0.1) is 0 Å². The highest BCUT2D eigenvalue weighted by atomic mass is 35.5. The zero-order valence-electron chi connectivity index (χ0n) is 20.2. The van der Waals surface area contributed by atoms with Crippen LogP contribution in [0.3, 0.4) is 0 Å². The van der Waals surface area contributed by atoms with E-state index in [0.29, 0.717) is 42.7 Å². The number of fused-ring (bicyclic) bond motifs is 1. The van der Waals surface area contributed by atoms with Crippen molar-refractivity contribution in [2.45, 2.75) is 64.2 Å². The Bertz CT molecular complexity index is 1240. The Balaban J connectivity index is 1.62. The van der Waals surface area contributed by atoms with Gasteiger partial charge in [0.15, 0.2) is 5.82 Å². The molecule has 0 saturated carbocycles. The second kappa shape index (κ2) is 9.20. The summed E-state index contributed by atoms with van der Waals surface area (Å²) in [5, 5.41) is 24.2. The van der Waals surface area contributed by atoms with Crippen LogP contribution in [0, 0.1) is 0 Å². The molecule has 9 nitrogen and oxygen atoms in total. The summed E-state index contributed by atoms with van der Waals surface area (Å²) in [7, 11) is 1.74. The molecule has 1 unspecified atom stereocenters. The van der Waals surface area contributed by atoms with Gasteiger partial charge >= 0.3 is 5.69 Å². The van der Waals surface area contributed by atoms with Crippen LogP contribution in [0.5, 0.6) is 0 Å². The number of hydrogen-bond donors (Lipinski definition) is 3. The van der Waals surface area contributed by atoms with Gasteiger partial charge in [0.2, 0.25) is 5.95 Å². The lowest BCUT2D eigenvalue weighted by molar-refractivity contribution is 0.0481. The van der Waals surface area contributed by atoms with Crippen molar-refractivity contribution in [3.8, 4) is 0 Å². The number of anilines is 3. The summed E-state index contributed by atoms with van der Waals surface area (Å²) >= 11 is 6.41. The molecule has 2 aromatic heterocycles. The van der Waals surface area contributed by atoms with E-state index in [1.165, 1.54) is 0 Å². The maximum Gasteiger partial charge on any atom is 0.328 e. The number of nitrogens with one attached hydrogen (secondary N) is 1. The SMILES string of the molecule is Cn1c(=O)n(CCC(C)(C)O)c2cc(Nc3nc(N4CCCC(C)(O)CC4)ncc3Cl)ccc21. The molecule has 3 N–H and O–H groups in total. The lowest BCUT2D eigenvalue weighted by Crippen LogP contribution is -2.29. The Labute approximate surface area is 204 Å². The van der Waals surface area contributed by atoms with Crippen LogP contribution in [0.4, 0.5) is 17.5 Å². The molecule has 1 aliphatic heterocycles. The van der Waals surface area contributed by atoms with Gasteiger partial charge in [-0.1, -0.05) is 11.6 Å². The molecule has 4 rings (SSSR count). The minimum absolute atomic E-state index is 0.129. The van der Waals surface area contributed by atoms with Crippen LogP contribution in [0.15, 0.2) is 29.2 Å². The van der Waals surface area contributed by atoms with E-state index in [4.69, 9.17) is 11.6 Å². The molecule has 34 heavy (non-hydrogen) atoms. The molecule has 184 valence electrons. The molecule has 10 heteroatoms. The molecule has 1 fully saturated rings. The highest BCUT2D eigenvalue weighted by Crippen LogP contribution is 2.29. The van der Waals surface area contributed by atoms with Crippen molar-refractivity contribution in [3.63, 3.8) is 0 Å². The highest BCUT2D eigenvalue weighted by molar-refractivity contribution is 6.32. The first kappa shape index (κ1) is 24.5. The number of hydrogen-bond acceptors (Lipinski definition) is 7. The first-order chi connectivity index (χ1) is 15.9. The number of nitrogens with zero attached hydrogens (tertiary/aromatic N) is 5. The molecule has 0 aliphatic carbocycles. The topological polar surface area (TPSA) is 108 Å². The Kier molecular flexibility index (Phi) is 6.63. The van der Waals surface area contributed by atoms with Crippen molar-refractivity contribution in [1.82, 2.24) is 19.1 Å². The van der Waals surface area contributed by atoms with Crippen LogP contribution in [0.2, 0.25) is 5.02 Å². The van der Waals surface area contributed by atoms with E-state index in [2.05, 4.69) is 20.2 Å². The van der Waals surface area contributed by atoms with Gasteiger partial charge in [0.05, 0.1) is 28.4 Å². The molecule has 1 aliphatic rings. The highest BCUT2D eigenvalue weighted by Gasteiger charge is 2.26. The van der Waals surface area contributed by atoms with Crippen molar-refractivity contribution in [2.24, 2.45) is 7.05 Å². The fourth-order valence-corrected chi connectivity index (χ4v) is 4.43. The second-order valence-corrected chi connectivity index (χ2v) is 10.5. The molecule has 1 saturated heterocycles. The van der Waals surface area contributed by atoms with Crippen molar-refractivity contribution < 1.29 is 10.2 Å². The zero-order valence-corrected chi connectivity index (χ0v) is 20.9. The maximum absolute atomic E-state index is 12.8. The van der Waals surface area contributed by atoms with E-state index >= 15 is 0 Å². The summed E-state index contributed by atoms with van der Waals surface area (Å²) < 4.78 is 3.28. The molecule has 1 atom stereocenters. The average molecular weight is 489 g/mol. The molecule has 0 bridgehead atoms. The molecule has 0 amide bonds. The van der Waals surface area contributed by atoms with Crippen LogP contribution < -0.4 is 15.9 Å². The van der Waals surface area contributed by atoms with E-state index < -0.39 is 11.2 Å². The zero-order chi connectivity index (χ0) is 24.7. The van der Waals surface area contributed by atoms with Crippen LogP contribution in [0.1, 0.15) is 46.5 Å². The number of rotatable bonds is 6. The van der Waals surface area contributed by atoms with Crippen LogP contribution in [0.25, 0.3) is 11.0 Å². The normalized spacial score (nSPS) is 19.4. The van der Waals surface area contributed by atoms with E-state index in [-0.39, 0.29) is 5.69 Å². The molecular formula is C24H33ClN6O3. The summed E-state index contributed by atoms with van der Waals surface area (Å²) in [6.07, 6.45) is 4.28. The molecular weight excluding hydrogens is 456 g/mol. The summed E-state index contributed by atoms with van der Waals surface area (Å²) in [4.78, 5) is 23.9. The van der Waals surface area contributed by atoms with Gasteiger partial charge in [0, 0.05) is 32.4 Å². The minimum atomic E-state index is -0.872. The first-order valence-corrected chi connectivity index (χ1v) is 12.0. The largest absolute Gasteiger partial charge is 0.390 e. The first-order valence-electron chi connectivity index (χ1n) is 11.6. The lowest BCUT2D eigenvalue weighted by Gasteiger charge is -2.23. The smallest absolute Gasteiger partial charge is 0.328 e. The molecule has 0 radical (unpaired) electrons. The summed E-state index contributed by atoms with van der Waals surface area (Å²) in [6.45, 7) is 7.16. The van der Waals surface area contributed by atoms with Crippen molar-refractivity contribution >= 4 is 40.1 Å². The fourth-order valence-electron chi connectivity index (χ4n) is 4.29. The van der Waals surface area contributed by atoms with Gasteiger partial charge in [0.1, 0.15) is 5.02 Å². The third kappa shape index (κ3) is 5.37. The fraction of sp³-hybridized carbons (Fsp3) is 0.542. The summed E-state index contributed by atoms with van der Waals surface area (Å²) in [6, 6.07) is 5.65. The Morgan fingerprint density at radius 3 is 2.74 bits per heavy atom. The van der Waals surface area contributed by atoms with Crippen molar-refractivity contribution in [3.05, 3.63) is 39.9 Å². The Morgan fingerprint density at radius 1 is 1.24 bits per heavy atom. The third-order valence-corrected chi connectivity index (χ3v) is 6.71. The number of halogens is 1. The van der Waals surface area contributed by atoms with Gasteiger partial charge in [-0.2, -0.15) is 4.98 Å². The molecule has 3 heterocycles. The number of benzene rings is 1. The lowest BCUT2D eigenvalue weighted by atomic mass is 9.98. The predicted molar refractivity (Wildman–Crippen MR) is 135 cm³/mol. The van der Waals surface area contributed by atoms with Crippen LogP contribution in [-0.2, 0) is 13.6 Å². The van der Waals surface area contributed by atoms with Crippen LogP contribution >= 0.6 is 11.6 Å². The summed E-state index contributed by atoms with van der Waals surface area (Å²) in [5.74, 6) is 1.04. The van der Waals surface area contributed by atoms with E-state index in [1.54, 1.807) is 36.2 Å². The monoisotopic (exact) mass is 488 g/mol. The average Bonchev–Trinajstić information content (AvgIpc) is 2.87. The predicted octanol–water partition coefficient (Wildman–Crippen LogP) is 3.43. The quantitative estimate of drug-likeness (QED) is 0.487. The van der Waals surface area contributed by atoms with E-state index in [0.717, 1.165) is 36.1 Å². The number of aryl methyl sites for hydroxylation is 2. The second-order valence-electron chi connectivity index (χ2n) is 10.1. The molecule has 3 aromatic rings. The standard InChI is InChI=1S/C24H33ClN6O3/c1-23(2,33)9-13-31-19-14-16(6-7-18(19)29(4)22(31)32)27-20-17(25)15-26-21(28-20)30-11-5-8-24(3,34)10-12-30/h6-7,14-15,33-34H,5,8-13H2,1-4H3,(H,26,27,28). The maximum atomic E-state index is 12.8. The number of aromatic nitrogens is 4. The van der Waals surface area contributed by atoms with Crippen molar-refractivity contribution in [2.75, 3.05) is 23.3 Å². The Hall–Kier alpha value is -2.62. The third-order valence-electron chi connectivity index (χ3n) is 6.43.